The Balaban J connectivity index is 1.52. The molecule has 0 aromatic rings. The van der Waals surface area contributed by atoms with Crippen molar-refractivity contribution in [1.29, 1.82) is 0 Å². The largest absolute Gasteiger partial charge is 0.436 e. The number of ether oxygens (including phenoxy) is 2. The van der Waals surface area contributed by atoms with Crippen LogP contribution in [0, 0.1) is 5.92 Å². The summed E-state index contributed by atoms with van der Waals surface area (Å²) in [5.74, 6) is 0.915. The summed E-state index contributed by atoms with van der Waals surface area (Å²) in [4.78, 5) is 0. The lowest BCUT2D eigenvalue weighted by Gasteiger charge is -2.47. The first-order valence-corrected chi connectivity index (χ1v) is 44.8. The Morgan fingerprint density at radius 3 is 1.22 bits per heavy atom. The van der Waals surface area contributed by atoms with Gasteiger partial charge in [-0.2, -0.15) is 0 Å². The summed E-state index contributed by atoms with van der Waals surface area (Å²) in [6.07, 6.45) is 8.09. The zero-order valence-electron chi connectivity index (χ0n) is 35.3. The second-order valence-electron chi connectivity index (χ2n) is 19.4. The molecule has 1 unspecified atom stereocenters. The molecule has 2 aliphatic carbocycles. The van der Waals surface area contributed by atoms with Gasteiger partial charge in [-0.05, 0) is 161 Å². The van der Waals surface area contributed by atoms with Crippen LogP contribution in [0.5, 0.6) is 0 Å². The Morgan fingerprint density at radius 2 is 0.880 bits per heavy atom. The Labute approximate surface area is 316 Å². The van der Waals surface area contributed by atoms with E-state index < -0.39 is 76.6 Å². The third kappa shape index (κ3) is 15.2. The molecule has 0 spiro atoms. The lowest BCUT2D eigenvalue weighted by Crippen LogP contribution is -2.62. The van der Waals surface area contributed by atoms with Crippen LogP contribution in [0.1, 0.15) is 38.5 Å². The first kappa shape index (κ1) is 45.9. The van der Waals surface area contributed by atoms with E-state index in [0.29, 0.717) is 17.7 Å². The molecule has 3 fully saturated rings. The molecule has 1 aliphatic heterocycles. The molecule has 0 radical (unpaired) electrons. The standard InChI is InChI=1S/C31H76O10Si9/c1-42(2,25-19-24-32-27-30-28-33-30)34-44(5,6)36-46(9,10)38-48(13,14)40-50(17,18)41-49(15,16)39-47(11,12)37-45(7,8)35-43(3,4)31-22-20-29(26-31)21-23-31/h29-30H,19-28H2,1-18H3. The predicted molar refractivity (Wildman–Crippen MR) is 225 cm³/mol. The fraction of sp³-hybridized carbons (Fsp3) is 1.00. The van der Waals surface area contributed by atoms with Crippen LogP contribution in [-0.4, -0.2) is 102 Å². The van der Waals surface area contributed by atoms with Crippen molar-refractivity contribution in [2.24, 2.45) is 5.92 Å². The second-order valence-corrected chi connectivity index (χ2v) is 53.7. The molecule has 19 heteroatoms. The van der Waals surface area contributed by atoms with E-state index in [9.17, 15) is 0 Å². The van der Waals surface area contributed by atoms with Gasteiger partial charge < -0.3 is 42.4 Å². The van der Waals surface area contributed by atoms with Gasteiger partial charge in [-0.25, -0.2) is 0 Å². The predicted octanol–water partition coefficient (Wildman–Crippen LogP) is 9.58. The van der Waals surface area contributed by atoms with E-state index in [2.05, 4.69) is 118 Å². The van der Waals surface area contributed by atoms with Gasteiger partial charge >= 0.3 is 59.9 Å². The van der Waals surface area contributed by atoms with Gasteiger partial charge in [0.1, 0.15) is 6.10 Å². The van der Waals surface area contributed by atoms with Gasteiger partial charge in [-0.15, -0.1) is 0 Å². The van der Waals surface area contributed by atoms with E-state index in [1.165, 1.54) is 32.1 Å². The van der Waals surface area contributed by atoms with Crippen molar-refractivity contribution in [3.05, 3.63) is 0 Å². The van der Waals surface area contributed by atoms with Gasteiger partial charge in [-0.3, -0.25) is 0 Å². The maximum Gasteiger partial charge on any atom is 0.314 e. The molecule has 296 valence electrons. The Hall–Kier alpha value is 1.55. The number of fused-ring (bicyclic) bond motifs is 2. The highest BCUT2D eigenvalue weighted by Gasteiger charge is 2.58. The van der Waals surface area contributed by atoms with Gasteiger partial charge in [0.15, 0.2) is 16.6 Å². The average Bonchev–Trinajstić information content (AvgIpc) is 3.38. The molecule has 2 bridgehead atoms. The molecule has 1 atom stereocenters. The molecule has 3 aliphatic rings. The fourth-order valence-corrected chi connectivity index (χ4v) is 56.1. The van der Waals surface area contributed by atoms with Crippen molar-refractivity contribution in [1.82, 2.24) is 0 Å². The van der Waals surface area contributed by atoms with Crippen LogP contribution in [0.4, 0.5) is 0 Å². The molecular weight excluding hydrogens is 785 g/mol. The molecule has 0 N–H and O–H groups in total. The Bertz CT molecular complexity index is 1120. The van der Waals surface area contributed by atoms with Crippen molar-refractivity contribution in [3.8, 4) is 0 Å². The summed E-state index contributed by atoms with van der Waals surface area (Å²) in [7, 11) is -21.9. The normalized spacial score (nSPS) is 24.4. The van der Waals surface area contributed by atoms with Crippen molar-refractivity contribution in [2.75, 3.05) is 19.8 Å². The Kier molecular flexibility index (Phi) is 14.9. The monoisotopic (exact) mass is 860 g/mol. The third-order valence-electron chi connectivity index (χ3n) is 9.77. The van der Waals surface area contributed by atoms with Gasteiger partial charge in [0.25, 0.3) is 0 Å². The lowest BCUT2D eigenvalue weighted by atomic mass is 10.0. The van der Waals surface area contributed by atoms with E-state index in [-0.39, 0.29) is 0 Å². The first-order valence-electron chi connectivity index (χ1n) is 19.1. The molecule has 10 nitrogen and oxygen atoms in total. The molecule has 2 saturated carbocycles. The summed E-state index contributed by atoms with van der Waals surface area (Å²) < 4.78 is 66.0. The zero-order valence-corrected chi connectivity index (χ0v) is 44.3. The van der Waals surface area contributed by atoms with Crippen LogP contribution in [0.2, 0.25) is 129 Å². The molecule has 0 aromatic heterocycles. The third-order valence-corrected chi connectivity index (χ3v) is 46.4. The average molecular weight is 862 g/mol. The van der Waals surface area contributed by atoms with Crippen molar-refractivity contribution < 1.29 is 42.4 Å². The highest BCUT2D eigenvalue weighted by Crippen LogP contribution is 2.64. The molecule has 50 heavy (non-hydrogen) atoms. The van der Waals surface area contributed by atoms with Crippen molar-refractivity contribution in [3.63, 3.8) is 0 Å². The summed E-state index contributed by atoms with van der Waals surface area (Å²) in [5, 5.41) is 0.424. The zero-order chi connectivity index (χ0) is 38.3. The number of epoxide rings is 1. The highest BCUT2D eigenvalue weighted by molar-refractivity contribution is 6.93. The van der Waals surface area contributed by atoms with E-state index in [4.69, 9.17) is 42.4 Å². The number of rotatable bonds is 23. The van der Waals surface area contributed by atoms with Crippen LogP contribution in [0.25, 0.3) is 0 Å². The van der Waals surface area contributed by atoms with Gasteiger partial charge in [0.05, 0.1) is 13.2 Å². The molecule has 3 rings (SSSR count). The quantitative estimate of drug-likeness (QED) is 0.0562. The summed E-state index contributed by atoms with van der Waals surface area (Å²) in [6, 6.07) is 1.03. The second kappa shape index (κ2) is 16.2. The first-order chi connectivity index (χ1) is 22.3. The van der Waals surface area contributed by atoms with Crippen LogP contribution < -0.4 is 0 Å². The topological polar surface area (TPSA) is 95.6 Å². The molecule has 0 amide bonds. The summed E-state index contributed by atoms with van der Waals surface area (Å²) in [6.45, 7) is 41.6. The summed E-state index contributed by atoms with van der Waals surface area (Å²) in [5.41, 5.74) is 0. The van der Waals surface area contributed by atoms with Crippen LogP contribution in [0.15, 0.2) is 0 Å². The van der Waals surface area contributed by atoms with Gasteiger partial charge in [0, 0.05) is 6.61 Å². The minimum atomic E-state index is -2.66. The number of hydrogen-bond acceptors (Lipinski definition) is 10. The van der Waals surface area contributed by atoms with E-state index in [1.807, 2.05) is 0 Å². The van der Waals surface area contributed by atoms with Crippen molar-refractivity contribution in [2.45, 2.75) is 174 Å². The minimum Gasteiger partial charge on any atom is -0.436 e. The van der Waals surface area contributed by atoms with E-state index in [0.717, 1.165) is 31.6 Å². The van der Waals surface area contributed by atoms with E-state index in [1.54, 1.807) is 0 Å². The van der Waals surface area contributed by atoms with Crippen molar-refractivity contribution >= 4 is 76.6 Å². The van der Waals surface area contributed by atoms with Gasteiger partial charge in [-0.1, -0.05) is 12.8 Å². The highest BCUT2D eigenvalue weighted by atomic mass is 28.5. The Morgan fingerprint density at radius 1 is 0.520 bits per heavy atom. The van der Waals surface area contributed by atoms with Crippen LogP contribution in [0.3, 0.4) is 0 Å². The molecular formula is C31H76O10Si9. The molecule has 1 saturated heterocycles. The van der Waals surface area contributed by atoms with Crippen LogP contribution >= 0.6 is 0 Å². The molecule has 1 heterocycles. The maximum absolute atomic E-state index is 7.13. The molecule has 0 aromatic carbocycles. The maximum atomic E-state index is 7.13. The smallest absolute Gasteiger partial charge is 0.314 e. The SMILES string of the molecule is C[Si](C)(CCCOCC1CO1)O[Si](C)(C)O[Si](C)(C)O[Si](C)(C)O[Si](C)(C)O[Si](C)(C)O[Si](C)(C)O[Si](C)(C)O[Si](C)(C)C12CCC(CC1)C2. The van der Waals surface area contributed by atoms with E-state index >= 15 is 0 Å². The fourth-order valence-electron chi connectivity index (χ4n) is 9.15. The van der Waals surface area contributed by atoms with Gasteiger partial charge in [0.2, 0.25) is 0 Å². The minimum absolute atomic E-state index is 0.310. The number of hydrogen-bond donors (Lipinski definition) is 0. The summed E-state index contributed by atoms with van der Waals surface area (Å²) >= 11 is 0. The lowest BCUT2D eigenvalue weighted by molar-refractivity contribution is 0.116. The van der Waals surface area contributed by atoms with Crippen LogP contribution in [-0.2, 0) is 42.4 Å².